The van der Waals surface area contributed by atoms with Gasteiger partial charge < -0.3 is 19.6 Å². The van der Waals surface area contributed by atoms with Crippen molar-refractivity contribution in [1.29, 1.82) is 0 Å². The standard InChI is InChI=1S/C15H18N6O2/c1-9-12(21-7-5-4-6-13(21)17-9)8-16-15(22)18-10(2)14-19-11(3)23-20-14/h4-7,10H,8H2,1-3H3,(H2,16,18,22). The Kier molecular flexibility index (Phi) is 3.96. The summed E-state index contributed by atoms with van der Waals surface area (Å²) in [6.45, 7) is 5.80. The summed E-state index contributed by atoms with van der Waals surface area (Å²) in [6, 6.07) is 5.15. The quantitative estimate of drug-likeness (QED) is 0.766. The molecule has 1 unspecified atom stereocenters. The summed E-state index contributed by atoms with van der Waals surface area (Å²) in [4.78, 5) is 20.6. The van der Waals surface area contributed by atoms with Crippen LogP contribution in [0.4, 0.5) is 4.79 Å². The number of carbonyl (C=O) groups is 1. The first-order valence-corrected chi connectivity index (χ1v) is 7.31. The van der Waals surface area contributed by atoms with Crippen LogP contribution in [0.1, 0.15) is 36.1 Å². The van der Waals surface area contributed by atoms with Crippen molar-refractivity contribution in [2.24, 2.45) is 0 Å². The number of carbonyl (C=O) groups excluding carboxylic acids is 1. The monoisotopic (exact) mass is 314 g/mol. The molecule has 8 nitrogen and oxygen atoms in total. The normalized spacial score (nSPS) is 12.3. The van der Waals surface area contributed by atoms with E-state index in [9.17, 15) is 4.79 Å². The van der Waals surface area contributed by atoms with Crippen molar-refractivity contribution < 1.29 is 9.32 Å². The van der Waals surface area contributed by atoms with Crippen molar-refractivity contribution >= 4 is 11.7 Å². The van der Waals surface area contributed by atoms with Crippen molar-refractivity contribution in [3.05, 3.63) is 47.5 Å². The maximum absolute atomic E-state index is 12.0. The minimum Gasteiger partial charge on any atom is -0.340 e. The predicted molar refractivity (Wildman–Crippen MR) is 82.8 cm³/mol. The number of rotatable bonds is 4. The number of hydrogen-bond donors (Lipinski definition) is 2. The fraction of sp³-hybridized carbons (Fsp3) is 0.333. The van der Waals surface area contributed by atoms with Gasteiger partial charge in [-0.25, -0.2) is 9.78 Å². The molecule has 120 valence electrons. The van der Waals surface area contributed by atoms with Gasteiger partial charge in [-0.1, -0.05) is 11.2 Å². The van der Waals surface area contributed by atoms with Gasteiger partial charge in [0.15, 0.2) is 5.82 Å². The first-order chi connectivity index (χ1) is 11.0. The average Bonchev–Trinajstić information content (AvgIpc) is 3.08. The van der Waals surface area contributed by atoms with E-state index in [2.05, 4.69) is 25.8 Å². The van der Waals surface area contributed by atoms with Crippen molar-refractivity contribution in [2.75, 3.05) is 0 Å². The number of aryl methyl sites for hydroxylation is 2. The van der Waals surface area contributed by atoms with E-state index < -0.39 is 0 Å². The van der Waals surface area contributed by atoms with Gasteiger partial charge in [0.2, 0.25) is 5.89 Å². The van der Waals surface area contributed by atoms with Gasteiger partial charge in [0.25, 0.3) is 0 Å². The van der Waals surface area contributed by atoms with Crippen molar-refractivity contribution in [2.45, 2.75) is 33.4 Å². The number of urea groups is 1. The summed E-state index contributed by atoms with van der Waals surface area (Å²) in [6.07, 6.45) is 1.93. The molecule has 8 heteroatoms. The highest BCUT2D eigenvalue weighted by atomic mass is 16.5. The van der Waals surface area contributed by atoms with Gasteiger partial charge >= 0.3 is 6.03 Å². The van der Waals surface area contributed by atoms with Crippen LogP contribution in [0.25, 0.3) is 5.65 Å². The average molecular weight is 314 g/mol. The number of amides is 2. The lowest BCUT2D eigenvalue weighted by Gasteiger charge is -2.11. The lowest BCUT2D eigenvalue weighted by molar-refractivity contribution is 0.236. The Balaban J connectivity index is 1.63. The maximum atomic E-state index is 12.0. The second-order valence-electron chi connectivity index (χ2n) is 5.29. The molecule has 2 N–H and O–H groups in total. The van der Waals surface area contributed by atoms with Gasteiger partial charge in [-0.3, -0.25) is 0 Å². The van der Waals surface area contributed by atoms with Crippen LogP contribution in [0.3, 0.4) is 0 Å². The minimum atomic E-state index is -0.337. The highest BCUT2D eigenvalue weighted by Crippen LogP contribution is 2.11. The van der Waals surface area contributed by atoms with Gasteiger partial charge in [0.05, 0.1) is 24.0 Å². The summed E-state index contributed by atoms with van der Waals surface area (Å²) in [7, 11) is 0. The van der Waals surface area contributed by atoms with E-state index >= 15 is 0 Å². The smallest absolute Gasteiger partial charge is 0.315 e. The molecule has 0 bridgehead atoms. The van der Waals surface area contributed by atoms with Crippen molar-refractivity contribution in [3.8, 4) is 0 Å². The molecule has 0 saturated heterocycles. The number of nitrogens with one attached hydrogen (secondary N) is 2. The Hall–Kier alpha value is -2.90. The Labute approximate surface area is 132 Å². The van der Waals surface area contributed by atoms with Crippen LogP contribution in [0, 0.1) is 13.8 Å². The molecule has 0 saturated carbocycles. The first-order valence-electron chi connectivity index (χ1n) is 7.31. The molecule has 0 aliphatic rings. The molecule has 3 heterocycles. The topological polar surface area (TPSA) is 97.3 Å². The molecular formula is C15H18N6O2. The first kappa shape index (κ1) is 15.0. The Morgan fingerprint density at radius 3 is 2.91 bits per heavy atom. The number of fused-ring (bicyclic) bond motifs is 1. The van der Waals surface area contributed by atoms with Gasteiger partial charge in [0, 0.05) is 13.1 Å². The van der Waals surface area contributed by atoms with Crippen LogP contribution in [0.2, 0.25) is 0 Å². The molecule has 0 spiro atoms. The zero-order valence-electron chi connectivity index (χ0n) is 13.2. The lowest BCUT2D eigenvalue weighted by atomic mass is 10.3. The third-order valence-corrected chi connectivity index (χ3v) is 3.52. The fourth-order valence-electron chi connectivity index (χ4n) is 2.34. The van der Waals surface area contributed by atoms with Crippen LogP contribution < -0.4 is 10.6 Å². The molecule has 2 amide bonds. The van der Waals surface area contributed by atoms with E-state index in [0.717, 1.165) is 17.0 Å². The van der Waals surface area contributed by atoms with Crippen molar-refractivity contribution in [1.82, 2.24) is 30.2 Å². The van der Waals surface area contributed by atoms with Crippen LogP contribution in [0.5, 0.6) is 0 Å². The second kappa shape index (κ2) is 6.07. The maximum Gasteiger partial charge on any atom is 0.315 e. The third kappa shape index (κ3) is 3.15. The van der Waals surface area contributed by atoms with E-state index in [-0.39, 0.29) is 12.1 Å². The third-order valence-electron chi connectivity index (χ3n) is 3.52. The summed E-state index contributed by atoms with van der Waals surface area (Å²) in [5.74, 6) is 0.916. The molecule has 0 aliphatic heterocycles. The van der Waals surface area contributed by atoms with Gasteiger partial charge in [-0.15, -0.1) is 0 Å². The number of nitrogens with zero attached hydrogens (tertiary/aromatic N) is 4. The van der Waals surface area contributed by atoms with Crippen LogP contribution in [-0.4, -0.2) is 25.6 Å². The molecule has 0 radical (unpaired) electrons. The van der Waals surface area contributed by atoms with Gasteiger partial charge in [-0.2, -0.15) is 4.98 Å². The van der Waals surface area contributed by atoms with E-state index in [1.807, 2.05) is 35.7 Å². The van der Waals surface area contributed by atoms with Crippen molar-refractivity contribution in [3.63, 3.8) is 0 Å². The van der Waals surface area contributed by atoms with E-state index in [1.54, 1.807) is 13.8 Å². The Bertz CT molecular complexity index is 837. The Morgan fingerprint density at radius 2 is 2.17 bits per heavy atom. The molecule has 3 rings (SSSR count). The SMILES string of the molecule is Cc1nc(C(C)NC(=O)NCc2c(C)nc3ccccn23)no1. The molecule has 1 atom stereocenters. The predicted octanol–water partition coefficient (Wildman–Crippen LogP) is 1.89. The molecule has 0 aromatic carbocycles. The van der Waals surface area contributed by atoms with E-state index in [0.29, 0.717) is 18.3 Å². The highest BCUT2D eigenvalue weighted by Gasteiger charge is 2.15. The second-order valence-corrected chi connectivity index (χ2v) is 5.29. The zero-order valence-corrected chi connectivity index (χ0v) is 13.2. The van der Waals surface area contributed by atoms with Gasteiger partial charge in [0.1, 0.15) is 5.65 Å². The van der Waals surface area contributed by atoms with Crippen LogP contribution >= 0.6 is 0 Å². The molecule has 3 aromatic rings. The summed E-state index contributed by atoms with van der Waals surface area (Å²) >= 11 is 0. The number of pyridine rings is 1. The summed E-state index contributed by atoms with van der Waals surface area (Å²) < 4.78 is 6.87. The van der Waals surface area contributed by atoms with E-state index in [4.69, 9.17) is 4.52 Å². The van der Waals surface area contributed by atoms with E-state index in [1.165, 1.54) is 0 Å². The van der Waals surface area contributed by atoms with Crippen LogP contribution in [-0.2, 0) is 6.54 Å². The Morgan fingerprint density at radius 1 is 1.35 bits per heavy atom. The minimum absolute atomic E-state index is 0.301. The molecule has 3 aromatic heterocycles. The zero-order chi connectivity index (χ0) is 16.4. The summed E-state index contributed by atoms with van der Waals surface area (Å²) in [5, 5.41) is 9.39. The fourth-order valence-corrected chi connectivity index (χ4v) is 2.34. The van der Waals surface area contributed by atoms with Gasteiger partial charge in [-0.05, 0) is 26.0 Å². The molecule has 23 heavy (non-hydrogen) atoms. The largest absolute Gasteiger partial charge is 0.340 e. The number of hydrogen-bond acceptors (Lipinski definition) is 5. The number of aromatic nitrogens is 4. The highest BCUT2D eigenvalue weighted by molar-refractivity contribution is 5.74. The molecule has 0 aliphatic carbocycles. The summed E-state index contributed by atoms with van der Waals surface area (Å²) in [5.41, 5.74) is 2.69. The number of imidazole rings is 1. The van der Waals surface area contributed by atoms with Crippen LogP contribution in [0.15, 0.2) is 28.9 Å². The lowest BCUT2D eigenvalue weighted by Crippen LogP contribution is -2.37. The molecule has 0 fully saturated rings. The molecular weight excluding hydrogens is 296 g/mol.